The summed E-state index contributed by atoms with van der Waals surface area (Å²) in [6, 6.07) is 0. The Morgan fingerprint density at radius 3 is 2.54 bits per heavy atom. The van der Waals surface area contributed by atoms with Crippen LogP contribution in [0.3, 0.4) is 0 Å². The van der Waals surface area contributed by atoms with E-state index < -0.39 is 6.10 Å². The van der Waals surface area contributed by atoms with E-state index in [2.05, 4.69) is 19.1 Å². The van der Waals surface area contributed by atoms with Crippen molar-refractivity contribution >= 4 is 0 Å². The Kier molecular flexibility index (Phi) is 0.996. The second-order valence-electron chi connectivity index (χ2n) is 4.49. The molecule has 0 radical (unpaired) electrons. The van der Waals surface area contributed by atoms with Crippen LogP contribution in [-0.2, 0) is 0 Å². The topological polar surface area (TPSA) is 40.5 Å². The molecule has 0 aromatic rings. The minimum atomic E-state index is -0.655. The van der Waals surface area contributed by atoms with Crippen LogP contribution in [0.5, 0.6) is 0 Å². The largest absolute Gasteiger partial charge is 0.509 e. The van der Waals surface area contributed by atoms with Crippen LogP contribution in [0, 0.1) is 10.8 Å². The minimum Gasteiger partial charge on any atom is -0.509 e. The van der Waals surface area contributed by atoms with Crippen molar-refractivity contribution in [3.8, 4) is 0 Å². The molecule has 2 heteroatoms. The predicted octanol–water partition coefficient (Wildman–Crippen LogP) is 1.70. The van der Waals surface area contributed by atoms with E-state index >= 15 is 0 Å². The molecule has 3 unspecified atom stereocenters. The van der Waals surface area contributed by atoms with Gasteiger partial charge in [0.1, 0.15) is 11.9 Å². The van der Waals surface area contributed by atoms with E-state index in [0.29, 0.717) is 0 Å². The van der Waals surface area contributed by atoms with Crippen molar-refractivity contribution in [2.24, 2.45) is 10.8 Å². The van der Waals surface area contributed by atoms with Gasteiger partial charge in [0.05, 0.1) is 0 Å². The summed E-state index contributed by atoms with van der Waals surface area (Å²) in [5, 5.41) is 18.7. The van der Waals surface area contributed by atoms with Crippen LogP contribution in [0.4, 0.5) is 0 Å². The molecule has 0 heterocycles. The number of allylic oxidation sites excluding steroid dienone is 4. The average molecular weight is 176 g/mol. The Labute approximate surface area is 76.9 Å². The summed E-state index contributed by atoms with van der Waals surface area (Å²) in [6.07, 6.45) is 8.67. The van der Waals surface area contributed by atoms with Crippen molar-refractivity contribution in [1.82, 2.24) is 0 Å². The molecule has 3 aliphatic rings. The molecule has 0 aliphatic heterocycles. The highest BCUT2D eigenvalue weighted by Crippen LogP contribution is 2.74. The first kappa shape index (κ1) is 7.39. The fourth-order valence-electron chi connectivity index (χ4n) is 2.64. The van der Waals surface area contributed by atoms with Crippen LogP contribution in [-0.4, -0.2) is 16.3 Å². The fraction of sp³-hybridized carbons (Fsp3) is 0.455. The van der Waals surface area contributed by atoms with E-state index in [1.54, 1.807) is 0 Å². The molecule has 0 aromatic heterocycles. The van der Waals surface area contributed by atoms with E-state index in [4.69, 9.17) is 0 Å². The van der Waals surface area contributed by atoms with Crippen LogP contribution >= 0.6 is 0 Å². The Morgan fingerprint density at radius 1 is 1.38 bits per heavy atom. The van der Waals surface area contributed by atoms with Gasteiger partial charge in [-0.1, -0.05) is 31.2 Å². The van der Waals surface area contributed by atoms with Crippen LogP contribution in [0.2, 0.25) is 0 Å². The normalized spacial score (nSPS) is 50.8. The van der Waals surface area contributed by atoms with E-state index in [1.807, 2.05) is 12.2 Å². The standard InChI is InChI=1S/C11H12O2/c1-10-4-2-3-5-11(10,6-10)7-8(12)9(7)13/h2-5,8,12-13H,6H2,1H3. The summed E-state index contributed by atoms with van der Waals surface area (Å²) in [6.45, 7) is 2.16. The number of aliphatic hydroxyl groups is 2. The summed E-state index contributed by atoms with van der Waals surface area (Å²) < 4.78 is 0. The lowest BCUT2D eigenvalue weighted by Gasteiger charge is -2.16. The maximum atomic E-state index is 9.37. The molecular weight excluding hydrogens is 164 g/mol. The Morgan fingerprint density at radius 2 is 2.00 bits per heavy atom. The first-order valence-electron chi connectivity index (χ1n) is 4.59. The van der Waals surface area contributed by atoms with Gasteiger partial charge >= 0.3 is 0 Å². The third kappa shape index (κ3) is 0.647. The lowest BCUT2D eigenvalue weighted by atomic mass is 9.87. The lowest BCUT2D eigenvalue weighted by Crippen LogP contribution is -2.10. The van der Waals surface area contributed by atoms with E-state index in [1.165, 1.54) is 0 Å². The zero-order valence-corrected chi connectivity index (χ0v) is 7.49. The quantitative estimate of drug-likeness (QED) is 0.638. The first-order valence-corrected chi connectivity index (χ1v) is 4.59. The Balaban J connectivity index is 2.03. The van der Waals surface area contributed by atoms with Crippen molar-refractivity contribution < 1.29 is 10.2 Å². The number of hydrogen-bond acceptors (Lipinski definition) is 2. The van der Waals surface area contributed by atoms with E-state index in [9.17, 15) is 10.2 Å². The van der Waals surface area contributed by atoms with Crippen molar-refractivity contribution in [1.29, 1.82) is 0 Å². The molecule has 2 N–H and O–H groups in total. The van der Waals surface area contributed by atoms with Crippen LogP contribution in [0.25, 0.3) is 0 Å². The Hall–Kier alpha value is -1.02. The lowest BCUT2D eigenvalue weighted by molar-refractivity contribution is 0.238. The smallest absolute Gasteiger partial charge is 0.136 e. The maximum absolute atomic E-state index is 9.37. The number of rotatable bonds is 1. The molecular formula is C11H12O2. The molecule has 13 heavy (non-hydrogen) atoms. The summed E-state index contributed by atoms with van der Waals surface area (Å²) in [4.78, 5) is 0. The van der Waals surface area contributed by atoms with Crippen LogP contribution < -0.4 is 0 Å². The van der Waals surface area contributed by atoms with Gasteiger partial charge in [0.2, 0.25) is 0 Å². The number of aliphatic hydroxyl groups excluding tert-OH is 2. The molecule has 0 spiro atoms. The molecule has 0 aromatic carbocycles. The van der Waals surface area contributed by atoms with Crippen LogP contribution in [0.1, 0.15) is 13.3 Å². The van der Waals surface area contributed by atoms with Gasteiger partial charge in [-0.15, -0.1) is 0 Å². The molecule has 68 valence electrons. The van der Waals surface area contributed by atoms with Gasteiger partial charge in [0.15, 0.2) is 0 Å². The van der Waals surface area contributed by atoms with Gasteiger partial charge in [0.25, 0.3) is 0 Å². The van der Waals surface area contributed by atoms with Crippen molar-refractivity contribution in [3.63, 3.8) is 0 Å². The van der Waals surface area contributed by atoms with Crippen molar-refractivity contribution in [2.75, 3.05) is 0 Å². The molecule has 3 atom stereocenters. The molecule has 0 saturated heterocycles. The molecule has 0 bridgehead atoms. The van der Waals surface area contributed by atoms with Crippen molar-refractivity contribution in [2.45, 2.75) is 19.4 Å². The average Bonchev–Trinajstić information content (AvgIpc) is 2.88. The third-order valence-electron chi connectivity index (χ3n) is 3.70. The summed E-state index contributed by atoms with van der Waals surface area (Å²) in [5.41, 5.74) is 0.934. The Bertz CT molecular complexity index is 378. The number of fused-ring (bicyclic) bond motifs is 1. The highest BCUT2D eigenvalue weighted by atomic mass is 16.3. The molecule has 3 rings (SSSR count). The molecule has 0 amide bonds. The monoisotopic (exact) mass is 176 g/mol. The zero-order valence-electron chi connectivity index (χ0n) is 7.49. The van der Waals surface area contributed by atoms with Gasteiger partial charge in [-0.25, -0.2) is 0 Å². The van der Waals surface area contributed by atoms with Gasteiger partial charge in [-0.05, 0) is 11.8 Å². The van der Waals surface area contributed by atoms with Gasteiger partial charge in [-0.3, -0.25) is 0 Å². The summed E-state index contributed by atoms with van der Waals surface area (Å²) in [7, 11) is 0. The SMILES string of the molecule is CC12C=CC=CC1(C1=C(O)C1O)C2. The highest BCUT2D eigenvalue weighted by Gasteiger charge is 2.69. The van der Waals surface area contributed by atoms with E-state index in [0.717, 1.165) is 12.0 Å². The van der Waals surface area contributed by atoms with Gasteiger partial charge < -0.3 is 10.2 Å². The molecule has 2 nitrogen and oxygen atoms in total. The summed E-state index contributed by atoms with van der Waals surface area (Å²) in [5.74, 6) is 0.198. The minimum absolute atomic E-state index is 0.0503. The highest BCUT2D eigenvalue weighted by molar-refractivity contribution is 5.56. The zero-order chi connectivity index (χ0) is 9.27. The fourth-order valence-corrected chi connectivity index (χ4v) is 2.64. The predicted molar refractivity (Wildman–Crippen MR) is 49.1 cm³/mol. The second kappa shape index (κ2) is 1.75. The third-order valence-corrected chi connectivity index (χ3v) is 3.70. The second-order valence-corrected chi connectivity index (χ2v) is 4.49. The van der Waals surface area contributed by atoms with Crippen molar-refractivity contribution in [3.05, 3.63) is 35.6 Å². The van der Waals surface area contributed by atoms with Crippen LogP contribution in [0.15, 0.2) is 35.6 Å². The first-order chi connectivity index (χ1) is 6.11. The van der Waals surface area contributed by atoms with Gasteiger partial charge in [0, 0.05) is 11.0 Å². The molecule has 1 fully saturated rings. The molecule has 3 aliphatic carbocycles. The van der Waals surface area contributed by atoms with E-state index in [-0.39, 0.29) is 16.6 Å². The summed E-state index contributed by atoms with van der Waals surface area (Å²) >= 11 is 0. The van der Waals surface area contributed by atoms with Gasteiger partial charge in [-0.2, -0.15) is 0 Å². The molecule has 1 saturated carbocycles. The number of hydrogen-bond donors (Lipinski definition) is 2. The maximum Gasteiger partial charge on any atom is 0.136 e.